The summed E-state index contributed by atoms with van der Waals surface area (Å²) >= 11 is 5.81. The summed E-state index contributed by atoms with van der Waals surface area (Å²) in [7, 11) is 0. The predicted molar refractivity (Wildman–Crippen MR) is 197 cm³/mol. The summed E-state index contributed by atoms with van der Waals surface area (Å²) in [5.74, 6) is 5.13. The SMILES string of the molecule is Cc1cc(NC2=NCC=C2)nc(CC2CCN(C(=O)c3cccc(Cl)c3F)CC2)n1.Cc1cc(NC2=NCC=C2)nc(CC2CCNCC2)n1. The van der Waals surface area contributed by atoms with Crippen molar-refractivity contribution in [3.05, 3.63) is 94.1 Å². The van der Waals surface area contributed by atoms with Crippen molar-refractivity contribution in [2.45, 2.75) is 52.4 Å². The number of likely N-dealkylation sites (tertiary alicyclic amines) is 1. The quantitative estimate of drug-likeness (QED) is 0.284. The highest BCUT2D eigenvalue weighted by Gasteiger charge is 2.27. The van der Waals surface area contributed by atoms with Crippen LogP contribution in [0.1, 0.15) is 59.1 Å². The van der Waals surface area contributed by atoms with Crippen molar-refractivity contribution < 1.29 is 9.18 Å². The highest BCUT2D eigenvalue weighted by atomic mass is 35.5. The number of rotatable bonds is 7. The summed E-state index contributed by atoms with van der Waals surface area (Å²) in [5.41, 5.74) is 1.94. The molecule has 0 saturated carbocycles. The second-order valence-corrected chi connectivity index (χ2v) is 13.5. The van der Waals surface area contributed by atoms with Gasteiger partial charge in [-0.3, -0.25) is 14.8 Å². The van der Waals surface area contributed by atoms with Crippen LogP contribution in [-0.4, -0.2) is 81.7 Å². The predicted octanol–water partition coefficient (Wildman–Crippen LogP) is 5.76. The van der Waals surface area contributed by atoms with E-state index in [4.69, 9.17) is 11.6 Å². The molecule has 11 nitrogen and oxygen atoms in total. The highest BCUT2D eigenvalue weighted by molar-refractivity contribution is 6.31. The van der Waals surface area contributed by atoms with E-state index in [-0.39, 0.29) is 16.5 Å². The first-order valence-corrected chi connectivity index (χ1v) is 17.8. The first kappa shape index (κ1) is 35.3. The number of anilines is 2. The molecule has 0 spiro atoms. The fourth-order valence-electron chi connectivity index (χ4n) is 6.51. The minimum atomic E-state index is -0.652. The standard InChI is InChI=1S/C22H23ClFN5O.C15H21N5/c1-14-12-19(27-18-6-3-9-25-18)28-20(26-14)13-15-7-10-29(11-8-15)22(30)16-4-2-5-17(23)21(16)24;1-11-9-14(19-13-3-2-6-17-13)20-15(18-11)10-12-4-7-16-8-5-12/h2-6,12,15H,7-11,13H2,1H3,(H,25,26,27,28);2-3,9,12,16H,4-8,10H2,1H3,(H,17,18,19,20). The van der Waals surface area contributed by atoms with Crippen LogP contribution in [0.3, 0.4) is 0 Å². The molecule has 0 atom stereocenters. The third-order valence-corrected chi connectivity index (χ3v) is 9.38. The number of aliphatic imine (C=N–C) groups is 2. The summed E-state index contributed by atoms with van der Waals surface area (Å²) in [6.45, 7) is 8.80. The molecule has 262 valence electrons. The second kappa shape index (κ2) is 16.9. The van der Waals surface area contributed by atoms with Crippen LogP contribution in [0, 0.1) is 31.5 Å². The van der Waals surface area contributed by atoms with Gasteiger partial charge >= 0.3 is 0 Å². The van der Waals surface area contributed by atoms with E-state index in [1.54, 1.807) is 11.0 Å². The smallest absolute Gasteiger partial charge is 0.256 e. The fraction of sp³-hybridized carbons (Fsp3) is 0.432. The fourth-order valence-corrected chi connectivity index (χ4v) is 6.69. The van der Waals surface area contributed by atoms with E-state index >= 15 is 0 Å². The van der Waals surface area contributed by atoms with Gasteiger partial charge in [-0.1, -0.05) is 29.8 Å². The van der Waals surface area contributed by atoms with Crippen molar-refractivity contribution in [3.63, 3.8) is 0 Å². The van der Waals surface area contributed by atoms with Crippen molar-refractivity contribution in [2.75, 3.05) is 49.9 Å². The average Bonchev–Trinajstić information content (AvgIpc) is 3.81. The van der Waals surface area contributed by atoms with Crippen LogP contribution in [0.15, 0.2) is 64.6 Å². The number of aryl methyl sites for hydroxylation is 2. The highest BCUT2D eigenvalue weighted by Crippen LogP contribution is 2.25. The second-order valence-electron chi connectivity index (χ2n) is 13.1. The van der Waals surface area contributed by atoms with Gasteiger partial charge < -0.3 is 20.9 Å². The Kier molecular flexibility index (Phi) is 11.9. The van der Waals surface area contributed by atoms with Gasteiger partial charge in [0.1, 0.15) is 35.0 Å². The summed E-state index contributed by atoms with van der Waals surface area (Å²) in [6.07, 6.45) is 13.7. The molecule has 50 heavy (non-hydrogen) atoms. The number of amidine groups is 2. The number of benzene rings is 1. The molecule has 0 unspecified atom stereocenters. The summed E-state index contributed by atoms with van der Waals surface area (Å²) in [5, 5.41) is 9.84. The first-order valence-electron chi connectivity index (χ1n) is 17.4. The number of aromatic nitrogens is 4. The van der Waals surface area contributed by atoms with Gasteiger partial charge in [-0.05, 0) is 88.7 Å². The molecule has 1 amide bonds. The first-order chi connectivity index (χ1) is 24.3. The number of carbonyl (C=O) groups excluding carboxylic acids is 1. The summed E-state index contributed by atoms with van der Waals surface area (Å²) < 4.78 is 14.2. The van der Waals surface area contributed by atoms with Crippen LogP contribution in [-0.2, 0) is 12.8 Å². The molecule has 0 aliphatic carbocycles. The van der Waals surface area contributed by atoms with Gasteiger partial charge in [-0.15, -0.1) is 0 Å². The molecule has 13 heteroatoms. The van der Waals surface area contributed by atoms with Crippen molar-refractivity contribution in [2.24, 2.45) is 21.8 Å². The maximum atomic E-state index is 14.2. The zero-order valence-corrected chi connectivity index (χ0v) is 29.4. The van der Waals surface area contributed by atoms with Gasteiger partial charge in [0.05, 0.1) is 23.7 Å². The van der Waals surface area contributed by atoms with E-state index in [2.05, 4.69) is 45.9 Å². The van der Waals surface area contributed by atoms with Gasteiger partial charge in [0, 0.05) is 49.5 Å². The number of amides is 1. The Labute approximate surface area is 297 Å². The van der Waals surface area contributed by atoms with Gasteiger partial charge in [0.15, 0.2) is 5.82 Å². The lowest BCUT2D eigenvalue weighted by Gasteiger charge is -2.32. The van der Waals surface area contributed by atoms with Crippen LogP contribution >= 0.6 is 11.6 Å². The van der Waals surface area contributed by atoms with Gasteiger partial charge in [-0.2, -0.15) is 0 Å². The normalized spacial score (nSPS) is 17.6. The van der Waals surface area contributed by atoms with E-state index < -0.39 is 5.82 Å². The Morgan fingerprint density at radius 2 is 1.38 bits per heavy atom. The molecular weight excluding hydrogens is 655 g/mol. The Morgan fingerprint density at radius 3 is 1.90 bits per heavy atom. The maximum Gasteiger partial charge on any atom is 0.256 e. The molecule has 4 aliphatic rings. The van der Waals surface area contributed by atoms with Crippen molar-refractivity contribution in [3.8, 4) is 0 Å². The maximum absolute atomic E-state index is 14.2. The lowest BCUT2D eigenvalue weighted by molar-refractivity contribution is 0.0685. The number of piperidine rings is 2. The van der Waals surface area contributed by atoms with E-state index in [0.29, 0.717) is 31.5 Å². The number of hydrogen-bond donors (Lipinski definition) is 3. The number of halogens is 2. The molecule has 4 aliphatic heterocycles. The zero-order chi connectivity index (χ0) is 34.9. The van der Waals surface area contributed by atoms with Crippen LogP contribution < -0.4 is 16.0 Å². The lowest BCUT2D eigenvalue weighted by atomic mass is 9.92. The number of nitrogens with one attached hydrogen (secondary N) is 3. The zero-order valence-electron chi connectivity index (χ0n) is 28.6. The topological polar surface area (TPSA) is 133 Å². The third-order valence-electron chi connectivity index (χ3n) is 9.08. The minimum Gasteiger partial charge on any atom is -0.339 e. The molecule has 0 radical (unpaired) electrons. The Bertz CT molecular complexity index is 1790. The molecule has 1 aromatic carbocycles. The van der Waals surface area contributed by atoms with Gasteiger partial charge in [-0.25, -0.2) is 24.3 Å². The monoisotopic (exact) mass is 698 g/mol. The Morgan fingerprint density at radius 1 is 0.840 bits per heavy atom. The molecule has 3 N–H and O–H groups in total. The van der Waals surface area contributed by atoms with Gasteiger partial charge in [0.2, 0.25) is 0 Å². The number of nitrogens with zero attached hydrogens (tertiary/aromatic N) is 7. The van der Waals surface area contributed by atoms with E-state index in [1.807, 2.05) is 50.3 Å². The Balaban J connectivity index is 0.000000187. The van der Waals surface area contributed by atoms with Crippen molar-refractivity contribution >= 4 is 40.8 Å². The van der Waals surface area contributed by atoms with Crippen molar-refractivity contribution in [1.82, 2.24) is 30.2 Å². The summed E-state index contributed by atoms with van der Waals surface area (Å²) in [6, 6.07) is 8.40. The van der Waals surface area contributed by atoms with Crippen LogP contribution in [0.2, 0.25) is 5.02 Å². The molecule has 2 fully saturated rings. The van der Waals surface area contributed by atoms with Crippen LogP contribution in [0.4, 0.5) is 16.0 Å². The molecule has 2 saturated heterocycles. The van der Waals surface area contributed by atoms with E-state index in [0.717, 1.165) is 91.7 Å². The lowest BCUT2D eigenvalue weighted by Crippen LogP contribution is -2.39. The molecule has 6 heterocycles. The van der Waals surface area contributed by atoms with Crippen molar-refractivity contribution in [1.29, 1.82) is 0 Å². The average molecular weight is 699 g/mol. The van der Waals surface area contributed by atoms with Crippen LogP contribution in [0.25, 0.3) is 0 Å². The van der Waals surface area contributed by atoms with Crippen LogP contribution in [0.5, 0.6) is 0 Å². The Hall–Kier alpha value is -4.55. The third kappa shape index (κ3) is 9.79. The molecule has 7 rings (SSSR count). The molecular formula is C37H44ClFN10O. The summed E-state index contributed by atoms with van der Waals surface area (Å²) in [4.78, 5) is 41.4. The largest absolute Gasteiger partial charge is 0.339 e. The van der Waals surface area contributed by atoms with E-state index in [1.165, 1.54) is 25.0 Å². The molecule has 2 aromatic heterocycles. The minimum absolute atomic E-state index is 0.0301. The molecule has 0 bridgehead atoms. The van der Waals surface area contributed by atoms with E-state index in [9.17, 15) is 9.18 Å². The van der Waals surface area contributed by atoms with Gasteiger partial charge in [0.25, 0.3) is 5.91 Å². The number of hydrogen-bond acceptors (Lipinski definition) is 10. The molecule has 3 aromatic rings. The number of carbonyl (C=O) groups is 1.